The summed E-state index contributed by atoms with van der Waals surface area (Å²) in [6.45, 7) is 2.62. The molecule has 5 nitrogen and oxygen atoms in total. The molecule has 0 fully saturated rings. The number of imidazole rings is 1. The number of carbonyl (C=O) groups excluding carboxylic acids is 1. The van der Waals surface area contributed by atoms with Crippen LogP contribution >= 0.6 is 0 Å². The molecule has 1 N–H and O–H groups in total. The van der Waals surface area contributed by atoms with Gasteiger partial charge < -0.3 is 14.8 Å². The number of hydrogen-bond acceptors (Lipinski definition) is 3. The summed E-state index contributed by atoms with van der Waals surface area (Å²) in [4.78, 5) is 18.2. The van der Waals surface area contributed by atoms with Gasteiger partial charge in [0, 0.05) is 13.6 Å². The Bertz CT molecular complexity index is 601. The van der Waals surface area contributed by atoms with Gasteiger partial charge >= 0.3 is 0 Å². The summed E-state index contributed by atoms with van der Waals surface area (Å²) in [6.07, 6.45) is 3.20. The van der Waals surface area contributed by atoms with Crippen molar-refractivity contribution < 1.29 is 4.79 Å². The van der Waals surface area contributed by atoms with E-state index in [1.807, 2.05) is 21.1 Å². The second kappa shape index (κ2) is 6.54. The molecule has 2 rings (SSSR count). The number of benzene rings is 1. The van der Waals surface area contributed by atoms with Crippen LogP contribution in [0.4, 0.5) is 0 Å². The largest absolute Gasteiger partial charge is 0.349 e. The van der Waals surface area contributed by atoms with Crippen LogP contribution in [0.5, 0.6) is 0 Å². The van der Waals surface area contributed by atoms with E-state index < -0.39 is 0 Å². The summed E-state index contributed by atoms with van der Waals surface area (Å²) in [6, 6.07) is 8.54. The molecule has 0 aliphatic heterocycles. The highest BCUT2D eigenvalue weighted by Crippen LogP contribution is 2.18. The van der Waals surface area contributed by atoms with E-state index in [0.717, 1.165) is 0 Å². The number of aromatic nitrogens is 2. The van der Waals surface area contributed by atoms with Crippen LogP contribution in [0.25, 0.3) is 0 Å². The van der Waals surface area contributed by atoms with E-state index in [1.165, 1.54) is 11.1 Å². The maximum atomic E-state index is 12.1. The highest BCUT2D eigenvalue weighted by molar-refractivity contribution is 5.92. The summed E-state index contributed by atoms with van der Waals surface area (Å²) in [5.74, 6) is -0.103. The molecular weight excluding hydrogens is 264 g/mol. The molecule has 5 heteroatoms. The van der Waals surface area contributed by atoms with Crippen LogP contribution in [0.3, 0.4) is 0 Å². The Hall–Kier alpha value is -2.14. The molecule has 1 atom stereocenters. The van der Waals surface area contributed by atoms with E-state index in [9.17, 15) is 4.79 Å². The predicted molar refractivity (Wildman–Crippen MR) is 83.1 cm³/mol. The fourth-order valence-corrected chi connectivity index (χ4v) is 2.24. The van der Waals surface area contributed by atoms with Gasteiger partial charge in [-0.05, 0) is 26.6 Å². The zero-order chi connectivity index (χ0) is 15.4. The first kappa shape index (κ1) is 15.3. The lowest BCUT2D eigenvalue weighted by Gasteiger charge is -2.25. The zero-order valence-electron chi connectivity index (χ0n) is 13.0. The third-order valence-electron chi connectivity index (χ3n) is 3.59. The molecule has 21 heavy (non-hydrogen) atoms. The highest BCUT2D eigenvalue weighted by atomic mass is 16.1. The summed E-state index contributed by atoms with van der Waals surface area (Å²) >= 11 is 0. The minimum atomic E-state index is -0.103. The van der Waals surface area contributed by atoms with Gasteiger partial charge in [0.05, 0.1) is 18.6 Å². The van der Waals surface area contributed by atoms with Crippen molar-refractivity contribution in [3.05, 3.63) is 53.6 Å². The quantitative estimate of drug-likeness (QED) is 0.911. The summed E-state index contributed by atoms with van der Waals surface area (Å²) in [7, 11) is 5.84. The summed E-state index contributed by atoms with van der Waals surface area (Å²) in [5.41, 5.74) is 2.99. The molecule has 112 valence electrons. The van der Waals surface area contributed by atoms with Crippen molar-refractivity contribution in [3.63, 3.8) is 0 Å². The molecule has 0 saturated heterocycles. The van der Waals surface area contributed by atoms with Crippen LogP contribution in [0.15, 0.2) is 36.8 Å². The lowest BCUT2D eigenvalue weighted by atomic mass is 10.0. The van der Waals surface area contributed by atoms with Gasteiger partial charge in [0.1, 0.15) is 5.69 Å². The van der Waals surface area contributed by atoms with Crippen LogP contribution in [0.1, 0.15) is 27.7 Å². The van der Waals surface area contributed by atoms with E-state index in [0.29, 0.717) is 12.2 Å². The van der Waals surface area contributed by atoms with Crippen molar-refractivity contribution in [2.75, 3.05) is 20.6 Å². The number of rotatable bonds is 5. The Morgan fingerprint density at radius 1 is 1.33 bits per heavy atom. The Kier molecular flexibility index (Phi) is 4.75. The van der Waals surface area contributed by atoms with Gasteiger partial charge in [0.25, 0.3) is 5.91 Å². The molecule has 0 radical (unpaired) electrons. The van der Waals surface area contributed by atoms with Gasteiger partial charge in [-0.25, -0.2) is 4.98 Å². The summed E-state index contributed by atoms with van der Waals surface area (Å²) in [5, 5.41) is 2.98. The number of amides is 1. The van der Waals surface area contributed by atoms with E-state index in [2.05, 4.69) is 46.4 Å². The number of likely N-dealkylation sites (N-methyl/N-ethyl adjacent to an activating group) is 1. The van der Waals surface area contributed by atoms with Gasteiger partial charge in [-0.15, -0.1) is 0 Å². The second-order valence-electron chi connectivity index (χ2n) is 5.49. The number of carbonyl (C=O) groups is 1. The molecule has 0 unspecified atom stereocenters. The van der Waals surface area contributed by atoms with Crippen LogP contribution < -0.4 is 5.32 Å². The molecule has 0 bridgehead atoms. The Morgan fingerprint density at radius 2 is 2.00 bits per heavy atom. The van der Waals surface area contributed by atoms with Gasteiger partial charge in [0.2, 0.25) is 0 Å². The first-order valence-corrected chi connectivity index (χ1v) is 6.96. The number of nitrogens with zero attached hydrogens (tertiary/aromatic N) is 3. The normalized spacial score (nSPS) is 12.4. The number of hydrogen-bond donors (Lipinski definition) is 1. The van der Waals surface area contributed by atoms with Crippen LogP contribution in [-0.4, -0.2) is 41.0 Å². The average molecular weight is 286 g/mol. The zero-order valence-corrected chi connectivity index (χ0v) is 13.0. The monoisotopic (exact) mass is 286 g/mol. The standard InChI is InChI=1S/C16H22N4O/c1-12-5-7-13(8-6-12)14(19(2)3)10-18-16(21)15-9-17-11-20(15)4/h5-9,11,14H,10H2,1-4H3,(H,18,21)/t14-/m0/s1. The fourth-order valence-electron chi connectivity index (χ4n) is 2.24. The van der Waals surface area contributed by atoms with Crippen molar-refractivity contribution >= 4 is 5.91 Å². The molecule has 0 aliphatic rings. The molecule has 1 heterocycles. The minimum Gasteiger partial charge on any atom is -0.349 e. The molecule has 0 aliphatic carbocycles. The van der Waals surface area contributed by atoms with Gasteiger partial charge in [0.15, 0.2) is 0 Å². The summed E-state index contributed by atoms with van der Waals surface area (Å²) < 4.78 is 1.71. The molecule has 0 saturated carbocycles. The van der Waals surface area contributed by atoms with Crippen molar-refractivity contribution in [1.29, 1.82) is 0 Å². The SMILES string of the molecule is Cc1ccc([C@H](CNC(=O)c2cncn2C)N(C)C)cc1. The number of nitrogens with one attached hydrogen (secondary N) is 1. The third kappa shape index (κ3) is 3.70. The maximum absolute atomic E-state index is 12.1. The third-order valence-corrected chi connectivity index (χ3v) is 3.59. The van der Waals surface area contributed by atoms with Crippen LogP contribution in [0.2, 0.25) is 0 Å². The fraction of sp³-hybridized carbons (Fsp3) is 0.375. The van der Waals surface area contributed by atoms with E-state index in [-0.39, 0.29) is 11.9 Å². The number of aryl methyl sites for hydroxylation is 2. The Morgan fingerprint density at radius 3 is 2.52 bits per heavy atom. The predicted octanol–water partition coefficient (Wildman–Crippen LogP) is 1.76. The van der Waals surface area contributed by atoms with E-state index in [1.54, 1.807) is 17.1 Å². The van der Waals surface area contributed by atoms with Crippen LogP contribution in [-0.2, 0) is 7.05 Å². The molecule has 1 aromatic heterocycles. The maximum Gasteiger partial charge on any atom is 0.269 e. The van der Waals surface area contributed by atoms with Crippen molar-refractivity contribution in [2.45, 2.75) is 13.0 Å². The Labute approximate surface area is 125 Å². The van der Waals surface area contributed by atoms with E-state index in [4.69, 9.17) is 0 Å². The van der Waals surface area contributed by atoms with E-state index >= 15 is 0 Å². The first-order valence-electron chi connectivity index (χ1n) is 6.96. The van der Waals surface area contributed by atoms with Crippen LogP contribution in [0, 0.1) is 6.92 Å². The van der Waals surface area contributed by atoms with Crippen molar-refractivity contribution in [3.8, 4) is 0 Å². The van der Waals surface area contributed by atoms with Gasteiger partial charge in [-0.1, -0.05) is 29.8 Å². The molecule has 0 spiro atoms. The average Bonchev–Trinajstić information content (AvgIpc) is 2.86. The van der Waals surface area contributed by atoms with Crippen molar-refractivity contribution in [1.82, 2.24) is 19.8 Å². The van der Waals surface area contributed by atoms with Gasteiger partial charge in [-0.3, -0.25) is 4.79 Å². The minimum absolute atomic E-state index is 0.103. The molecular formula is C16H22N4O. The van der Waals surface area contributed by atoms with Gasteiger partial charge in [-0.2, -0.15) is 0 Å². The smallest absolute Gasteiger partial charge is 0.269 e. The second-order valence-corrected chi connectivity index (χ2v) is 5.49. The lowest BCUT2D eigenvalue weighted by molar-refractivity contribution is 0.0933. The Balaban J connectivity index is 2.06. The molecule has 2 aromatic rings. The molecule has 1 amide bonds. The molecule has 1 aromatic carbocycles. The highest BCUT2D eigenvalue weighted by Gasteiger charge is 2.16. The lowest BCUT2D eigenvalue weighted by Crippen LogP contribution is -2.35. The topological polar surface area (TPSA) is 50.2 Å². The van der Waals surface area contributed by atoms with Crippen molar-refractivity contribution in [2.24, 2.45) is 7.05 Å². The first-order chi connectivity index (χ1) is 9.99.